The molecule has 2 aromatic heterocycles. The van der Waals surface area contributed by atoms with Crippen molar-refractivity contribution in [1.82, 2.24) is 24.9 Å². The summed E-state index contributed by atoms with van der Waals surface area (Å²) in [6, 6.07) is 9.42. The molecule has 0 aliphatic rings. The quantitative estimate of drug-likeness (QED) is 0.747. The summed E-state index contributed by atoms with van der Waals surface area (Å²) in [6.45, 7) is 2.32. The van der Waals surface area contributed by atoms with E-state index in [-0.39, 0.29) is 11.8 Å². The first kappa shape index (κ1) is 16.7. The summed E-state index contributed by atoms with van der Waals surface area (Å²) in [6.07, 6.45) is 2.40. The maximum atomic E-state index is 13.4. The average Bonchev–Trinajstić information content (AvgIpc) is 3.13. The molecule has 0 saturated heterocycles. The number of carbonyl (C=O) groups is 1. The van der Waals surface area contributed by atoms with E-state index >= 15 is 0 Å². The highest BCUT2D eigenvalue weighted by molar-refractivity contribution is 5.88. The number of urea groups is 1. The predicted octanol–water partition coefficient (Wildman–Crippen LogP) is 2.42. The van der Waals surface area contributed by atoms with E-state index in [1.807, 2.05) is 20.0 Å². The van der Waals surface area contributed by atoms with Crippen LogP contribution in [0.15, 0.2) is 42.6 Å². The normalized spacial score (nSPS) is 10.7. The number of hydrogen-bond acceptors (Lipinski definition) is 3. The third-order valence-corrected chi connectivity index (χ3v) is 3.77. The third kappa shape index (κ3) is 4.03. The van der Waals surface area contributed by atoms with E-state index in [2.05, 4.69) is 20.8 Å². The van der Waals surface area contributed by atoms with Crippen molar-refractivity contribution in [3.8, 4) is 5.69 Å². The summed E-state index contributed by atoms with van der Waals surface area (Å²) in [5.41, 5.74) is 2.42. The monoisotopic (exact) mass is 342 g/mol. The molecule has 8 heteroatoms. The zero-order valence-electron chi connectivity index (χ0n) is 14.0. The number of hydrogen-bond donors (Lipinski definition) is 2. The van der Waals surface area contributed by atoms with Gasteiger partial charge in [0.2, 0.25) is 0 Å². The third-order valence-electron chi connectivity index (χ3n) is 3.77. The fraction of sp³-hybridized carbons (Fsp3) is 0.235. The van der Waals surface area contributed by atoms with Crippen LogP contribution in [0.25, 0.3) is 5.69 Å². The Balaban J connectivity index is 1.58. The van der Waals surface area contributed by atoms with Crippen LogP contribution in [0.5, 0.6) is 0 Å². The topological polar surface area (TPSA) is 76.8 Å². The SMILES string of the molecule is Cc1cc(NC(=O)NCCc2ccnn2C)nn1-c1cccc(F)c1. The Morgan fingerprint density at radius 1 is 1.28 bits per heavy atom. The number of anilines is 1. The molecule has 2 amide bonds. The number of benzene rings is 1. The van der Waals surface area contributed by atoms with Gasteiger partial charge in [-0.15, -0.1) is 5.10 Å². The first-order valence-electron chi connectivity index (χ1n) is 7.87. The summed E-state index contributed by atoms with van der Waals surface area (Å²) in [5, 5.41) is 13.8. The molecular weight excluding hydrogens is 323 g/mol. The van der Waals surface area contributed by atoms with Gasteiger partial charge in [0.05, 0.1) is 5.69 Å². The van der Waals surface area contributed by atoms with Crippen LogP contribution in [0.1, 0.15) is 11.4 Å². The molecule has 0 unspecified atom stereocenters. The minimum Gasteiger partial charge on any atom is -0.337 e. The van der Waals surface area contributed by atoms with Crippen LogP contribution in [0, 0.1) is 12.7 Å². The Labute approximate surface area is 144 Å². The molecule has 130 valence electrons. The molecule has 3 aromatic rings. The maximum absolute atomic E-state index is 13.4. The lowest BCUT2D eigenvalue weighted by molar-refractivity contribution is 0.252. The van der Waals surface area contributed by atoms with E-state index in [9.17, 15) is 9.18 Å². The molecule has 0 aliphatic carbocycles. The Morgan fingerprint density at radius 3 is 2.84 bits per heavy atom. The van der Waals surface area contributed by atoms with Crippen molar-refractivity contribution in [2.45, 2.75) is 13.3 Å². The number of amides is 2. The molecule has 0 fully saturated rings. The van der Waals surface area contributed by atoms with Gasteiger partial charge in [-0.05, 0) is 31.2 Å². The van der Waals surface area contributed by atoms with Gasteiger partial charge in [0, 0.05) is 43.7 Å². The fourth-order valence-electron chi connectivity index (χ4n) is 2.52. The van der Waals surface area contributed by atoms with Gasteiger partial charge in [0.15, 0.2) is 5.82 Å². The molecule has 25 heavy (non-hydrogen) atoms. The largest absolute Gasteiger partial charge is 0.337 e. The first-order valence-corrected chi connectivity index (χ1v) is 7.87. The number of halogens is 1. The van der Waals surface area contributed by atoms with E-state index in [0.717, 1.165) is 11.4 Å². The second-order valence-corrected chi connectivity index (χ2v) is 5.64. The second kappa shape index (κ2) is 7.16. The van der Waals surface area contributed by atoms with Crippen molar-refractivity contribution >= 4 is 11.8 Å². The molecule has 2 N–H and O–H groups in total. The fourth-order valence-corrected chi connectivity index (χ4v) is 2.52. The standard InChI is InChI=1S/C17H19FN6O/c1-12-10-16(22-24(12)15-5-3-4-13(18)11-15)21-17(25)19-8-6-14-7-9-20-23(14)2/h3-5,7,9-11H,6,8H2,1-2H3,(H2,19,21,22,25). The summed E-state index contributed by atoms with van der Waals surface area (Å²) < 4.78 is 16.7. The molecule has 2 heterocycles. The van der Waals surface area contributed by atoms with Gasteiger partial charge < -0.3 is 5.32 Å². The Bertz CT molecular complexity index is 885. The van der Waals surface area contributed by atoms with Gasteiger partial charge >= 0.3 is 6.03 Å². The molecule has 1 aromatic carbocycles. The Kier molecular flexibility index (Phi) is 4.78. The number of nitrogens with zero attached hydrogens (tertiary/aromatic N) is 4. The summed E-state index contributed by atoms with van der Waals surface area (Å²) in [7, 11) is 1.86. The summed E-state index contributed by atoms with van der Waals surface area (Å²) >= 11 is 0. The van der Waals surface area contributed by atoms with Gasteiger partial charge in [-0.25, -0.2) is 13.9 Å². The van der Waals surface area contributed by atoms with Crippen LogP contribution in [-0.2, 0) is 13.5 Å². The van der Waals surface area contributed by atoms with Crippen LogP contribution in [0.3, 0.4) is 0 Å². The van der Waals surface area contributed by atoms with E-state index < -0.39 is 0 Å². The van der Waals surface area contributed by atoms with Crippen molar-refractivity contribution in [1.29, 1.82) is 0 Å². The van der Waals surface area contributed by atoms with Crippen molar-refractivity contribution < 1.29 is 9.18 Å². The predicted molar refractivity (Wildman–Crippen MR) is 92.2 cm³/mol. The molecule has 0 atom stereocenters. The van der Waals surface area contributed by atoms with E-state index in [0.29, 0.717) is 24.5 Å². The molecule has 0 saturated carbocycles. The van der Waals surface area contributed by atoms with Crippen LogP contribution < -0.4 is 10.6 Å². The van der Waals surface area contributed by atoms with E-state index in [1.54, 1.807) is 33.8 Å². The molecule has 0 bridgehead atoms. The van der Waals surface area contributed by atoms with Gasteiger partial charge in [0.25, 0.3) is 0 Å². The highest BCUT2D eigenvalue weighted by Gasteiger charge is 2.10. The molecule has 0 radical (unpaired) electrons. The van der Waals surface area contributed by atoms with Gasteiger partial charge in [0.1, 0.15) is 5.82 Å². The van der Waals surface area contributed by atoms with Crippen molar-refractivity contribution in [3.63, 3.8) is 0 Å². The van der Waals surface area contributed by atoms with Gasteiger partial charge in [-0.2, -0.15) is 5.10 Å². The minimum atomic E-state index is -0.342. The number of rotatable bonds is 5. The summed E-state index contributed by atoms with van der Waals surface area (Å²) in [5.74, 6) is 0.0645. The molecule has 0 aliphatic heterocycles. The lowest BCUT2D eigenvalue weighted by Crippen LogP contribution is -2.31. The number of carbonyl (C=O) groups excluding carboxylic acids is 1. The van der Waals surface area contributed by atoms with Crippen LogP contribution in [-0.4, -0.2) is 32.1 Å². The molecular formula is C17H19FN6O. The van der Waals surface area contributed by atoms with Crippen LogP contribution in [0.4, 0.5) is 15.0 Å². The maximum Gasteiger partial charge on any atom is 0.320 e. The smallest absolute Gasteiger partial charge is 0.320 e. The summed E-state index contributed by atoms with van der Waals surface area (Å²) in [4.78, 5) is 12.0. The van der Waals surface area contributed by atoms with Crippen molar-refractivity contribution in [2.75, 3.05) is 11.9 Å². The van der Waals surface area contributed by atoms with Crippen molar-refractivity contribution in [3.05, 3.63) is 59.8 Å². The minimum absolute atomic E-state index is 0.338. The van der Waals surface area contributed by atoms with Crippen molar-refractivity contribution in [2.24, 2.45) is 7.05 Å². The highest BCUT2D eigenvalue weighted by Crippen LogP contribution is 2.15. The molecule has 0 spiro atoms. The second-order valence-electron chi connectivity index (χ2n) is 5.64. The lowest BCUT2D eigenvalue weighted by atomic mass is 10.3. The lowest BCUT2D eigenvalue weighted by Gasteiger charge is -2.06. The van der Waals surface area contributed by atoms with E-state index in [1.165, 1.54) is 12.1 Å². The van der Waals surface area contributed by atoms with Crippen LogP contribution >= 0.6 is 0 Å². The average molecular weight is 342 g/mol. The number of aryl methyl sites for hydroxylation is 2. The van der Waals surface area contributed by atoms with E-state index in [4.69, 9.17) is 0 Å². The number of nitrogens with one attached hydrogen (secondary N) is 2. The first-order chi connectivity index (χ1) is 12.0. The Morgan fingerprint density at radius 2 is 2.12 bits per heavy atom. The zero-order chi connectivity index (χ0) is 17.8. The Hall–Kier alpha value is -3.16. The van der Waals surface area contributed by atoms with Gasteiger partial charge in [-0.1, -0.05) is 6.07 Å². The highest BCUT2D eigenvalue weighted by atomic mass is 19.1. The molecule has 3 rings (SSSR count). The van der Waals surface area contributed by atoms with Crippen LogP contribution in [0.2, 0.25) is 0 Å². The molecule has 7 nitrogen and oxygen atoms in total. The van der Waals surface area contributed by atoms with Gasteiger partial charge in [-0.3, -0.25) is 10.00 Å². The zero-order valence-corrected chi connectivity index (χ0v) is 14.0. The number of aromatic nitrogens is 4.